The number of unbranched alkanes of at least 4 members (excludes halogenated alkanes) is 1. The molecular formula is C13H18O4. The molecule has 0 spiro atoms. The molecule has 4 heteroatoms. The van der Waals surface area contributed by atoms with E-state index < -0.39 is 11.6 Å². The summed E-state index contributed by atoms with van der Waals surface area (Å²) in [5, 5.41) is 0. The van der Waals surface area contributed by atoms with Crippen LogP contribution >= 0.6 is 0 Å². The summed E-state index contributed by atoms with van der Waals surface area (Å²) in [6, 6.07) is 0. The minimum absolute atomic E-state index is 0.0550. The van der Waals surface area contributed by atoms with E-state index in [0.29, 0.717) is 6.42 Å². The first-order valence-corrected chi connectivity index (χ1v) is 5.80. The van der Waals surface area contributed by atoms with Gasteiger partial charge in [-0.25, -0.2) is 4.79 Å². The van der Waals surface area contributed by atoms with Gasteiger partial charge in [0.05, 0.1) is 19.3 Å². The van der Waals surface area contributed by atoms with Crippen molar-refractivity contribution in [1.29, 1.82) is 0 Å². The summed E-state index contributed by atoms with van der Waals surface area (Å²) in [7, 11) is 0. The highest BCUT2D eigenvalue weighted by atomic mass is 16.6. The van der Waals surface area contributed by atoms with Gasteiger partial charge < -0.3 is 9.47 Å². The summed E-state index contributed by atoms with van der Waals surface area (Å²) in [4.78, 5) is 23.3. The molecule has 0 saturated carbocycles. The van der Waals surface area contributed by atoms with Crippen molar-refractivity contribution in [2.24, 2.45) is 0 Å². The molecule has 1 rings (SSSR count). The van der Waals surface area contributed by atoms with Crippen LogP contribution in [0, 0.1) is 0 Å². The van der Waals surface area contributed by atoms with Gasteiger partial charge in [-0.05, 0) is 26.2 Å². The van der Waals surface area contributed by atoms with E-state index >= 15 is 0 Å². The molecule has 1 aliphatic rings. The summed E-state index contributed by atoms with van der Waals surface area (Å²) in [6.07, 6.45) is 6.44. The molecular weight excluding hydrogens is 220 g/mol. The largest absolute Gasteiger partial charge is 0.483 e. The number of ether oxygens (including phenoxy) is 2. The molecule has 0 unspecified atom stereocenters. The smallest absolute Gasteiger partial charge is 0.350 e. The Balaban J connectivity index is 2.76. The lowest BCUT2D eigenvalue weighted by atomic mass is 9.89. The summed E-state index contributed by atoms with van der Waals surface area (Å²) in [6.45, 7) is 5.64. The fourth-order valence-electron chi connectivity index (χ4n) is 1.79. The van der Waals surface area contributed by atoms with Crippen LogP contribution in [0.2, 0.25) is 0 Å². The van der Waals surface area contributed by atoms with Crippen molar-refractivity contribution in [3.05, 3.63) is 25.0 Å². The second-order valence-corrected chi connectivity index (χ2v) is 3.96. The van der Waals surface area contributed by atoms with Gasteiger partial charge in [0.1, 0.15) is 0 Å². The minimum atomic E-state index is -1.13. The molecule has 0 saturated heterocycles. The second-order valence-electron chi connectivity index (χ2n) is 3.96. The minimum Gasteiger partial charge on any atom is -0.483 e. The van der Waals surface area contributed by atoms with Crippen molar-refractivity contribution in [2.45, 2.75) is 38.2 Å². The van der Waals surface area contributed by atoms with E-state index in [2.05, 4.69) is 6.58 Å². The van der Waals surface area contributed by atoms with Crippen LogP contribution in [0.5, 0.6) is 0 Å². The molecule has 1 heterocycles. The molecule has 0 N–H and O–H groups in total. The van der Waals surface area contributed by atoms with Gasteiger partial charge in [0.15, 0.2) is 5.78 Å². The molecule has 0 aromatic carbocycles. The lowest BCUT2D eigenvalue weighted by Crippen LogP contribution is -2.45. The summed E-state index contributed by atoms with van der Waals surface area (Å²) < 4.78 is 10.4. The van der Waals surface area contributed by atoms with Crippen LogP contribution in [0.25, 0.3) is 0 Å². The maximum atomic E-state index is 11.9. The Labute approximate surface area is 101 Å². The third kappa shape index (κ3) is 3.44. The van der Waals surface area contributed by atoms with E-state index in [0.717, 1.165) is 12.8 Å². The predicted octanol–water partition coefficient (Wildman–Crippen LogP) is 2.15. The second kappa shape index (κ2) is 6.23. The normalized spacial score (nSPS) is 23.0. The van der Waals surface area contributed by atoms with Gasteiger partial charge >= 0.3 is 5.97 Å². The standard InChI is InChI=1S/C13H18O4/c1-3-5-6-8-13(12(15)16-4-2)10-11(14)7-9-17-13/h3,7,9H,1,4-6,8,10H2,2H3/t13-/m1/s1. The van der Waals surface area contributed by atoms with E-state index in [9.17, 15) is 9.59 Å². The number of carbonyl (C=O) groups is 2. The molecule has 94 valence electrons. The average molecular weight is 238 g/mol. The number of ketones is 1. The van der Waals surface area contributed by atoms with E-state index in [-0.39, 0.29) is 18.8 Å². The van der Waals surface area contributed by atoms with Crippen molar-refractivity contribution in [2.75, 3.05) is 6.61 Å². The zero-order valence-corrected chi connectivity index (χ0v) is 10.1. The molecule has 0 radical (unpaired) electrons. The van der Waals surface area contributed by atoms with Gasteiger partial charge in [-0.1, -0.05) is 6.08 Å². The molecule has 4 nitrogen and oxygen atoms in total. The molecule has 0 bridgehead atoms. The fraction of sp³-hybridized carbons (Fsp3) is 0.538. The van der Waals surface area contributed by atoms with Crippen LogP contribution in [0.1, 0.15) is 32.6 Å². The van der Waals surface area contributed by atoms with Crippen molar-refractivity contribution in [3.63, 3.8) is 0 Å². The highest BCUT2D eigenvalue weighted by Gasteiger charge is 2.44. The molecule has 0 aliphatic carbocycles. The Morgan fingerprint density at radius 3 is 3.06 bits per heavy atom. The van der Waals surface area contributed by atoms with Crippen LogP contribution in [0.3, 0.4) is 0 Å². The number of carbonyl (C=O) groups excluding carboxylic acids is 2. The summed E-state index contributed by atoms with van der Waals surface area (Å²) >= 11 is 0. The van der Waals surface area contributed by atoms with Crippen molar-refractivity contribution >= 4 is 11.8 Å². The van der Waals surface area contributed by atoms with Crippen LogP contribution in [0.15, 0.2) is 25.0 Å². The molecule has 0 fully saturated rings. The maximum Gasteiger partial charge on any atom is 0.350 e. The first kappa shape index (κ1) is 13.5. The molecule has 1 aliphatic heterocycles. The third-order valence-electron chi connectivity index (χ3n) is 2.64. The van der Waals surface area contributed by atoms with Crippen LogP contribution in [-0.2, 0) is 19.1 Å². The Kier molecular flexibility index (Phi) is 4.94. The van der Waals surface area contributed by atoms with E-state index in [1.807, 2.05) is 0 Å². The third-order valence-corrected chi connectivity index (χ3v) is 2.64. The molecule has 17 heavy (non-hydrogen) atoms. The first-order valence-electron chi connectivity index (χ1n) is 5.80. The zero-order chi connectivity index (χ0) is 12.7. The lowest BCUT2D eigenvalue weighted by Gasteiger charge is -2.31. The Hall–Kier alpha value is -1.58. The van der Waals surface area contributed by atoms with Crippen molar-refractivity contribution in [1.82, 2.24) is 0 Å². The van der Waals surface area contributed by atoms with Gasteiger partial charge in [-0.15, -0.1) is 6.58 Å². The number of hydrogen-bond donors (Lipinski definition) is 0. The van der Waals surface area contributed by atoms with E-state index in [1.165, 1.54) is 12.3 Å². The lowest BCUT2D eigenvalue weighted by molar-refractivity contribution is -0.170. The monoisotopic (exact) mass is 238 g/mol. The number of esters is 1. The maximum absolute atomic E-state index is 11.9. The van der Waals surface area contributed by atoms with E-state index in [4.69, 9.17) is 9.47 Å². The summed E-state index contributed by atoms with van der Waals surface area (Å²) in [5.74, 6) is -0.565. The number of rotatable bonds is 6. The van der Waals surface area contributed by atoms with Gasteiger partial charge in [-0.3, -0.25) is 4.79 Å². The van der Waals surface area contributed by atoms with Crippen LogP contribution in [0.4, 0.5) is 0 Å². The Bertz CT molecular complexity index is 332. The van der Waals surface area contributed by atoms with Gasteiger partial charge in [0, 0.05) is 6.08 Å². The Morgan fingerprint density at radius 1 is 1.71 bits per heavy atom. The number of hydrogen-bond acceptors (Lipinski definition) is 4. The summed E-state index contributed by atoms with van der Waals surface area (Å²) in [5.41, 5.74) is -1.13. The molecule has 1 atom stereocenters. The quantitative estimate of drug-likeness (QED) is 0.404. The fourth-order valence-corrected chi connectivity index (χ4v) is 1.79. The van der Waals surface area contributed by atoms with Crippen LogP contribution in [-0.4, -0.2) is 24.0 Å². The molecule has 0 aromatic heterocycles. The average Bonchev–Trinajstić information content (AvgIpc) is 2.30. The zero-order valence-electron chi connectivity index (χ0n) is 10.1. The van der Waals surface area contributed by atoms with Crippen molar-refractivity contribution in [3.8, 4) is 0 Å². The molecule has 0 aromatic rings. The van der Waals surface area contributed by atoms with Crippen LogP contribution < -0.4 is 0 Å². The van der Waals surface area contributed by atoms with Gasteiger partial charge in [0.25, 0.3) is 0 Å². The van der Waals surface area contributed by atoms with Gasteiger partial charge in [0.2, 0.25) is 5.60 Å². The highest BCUT2D eigenvalue weighted by Crippen LogP contribution is 2.29. The van der Waals surface area contributed by atoms with Crippen molar-refractivity contribution < 1.29 is 19.1 Å². The Morgan fingerprint density at radius 2 is 2.47 bits per heavy atom. The van der Waals surface area contributed by atoms with E-state index in [1.54, 1.807) is 13.0 Å². The highest BCUT2D eigenvalue weighted by molar-refractivity contribution is 5.96. The first-order chi connectivity index (χ1) is 8.14. The number of allylic oxidation sites excluding steroid dienone is 2. The topological polar surface area (TPSA) is 52.6 Å². The SMILES string of the molecule is C=CCCC[C@]1(C(=O)OCC)CC(=O)C=CO1. The molecule has 0 amide bonds. The van der Waals surface area contributed by atoms with Gasteiger partial charge in [-0.2, -0.15) is 0 Å². The predicted molar refractivity (Wildman–Crippen MR) is 63.3 cm³/mol.